The van der Waals surface area contributed by atoms with E-state index in [1.807, 2.05) is 44.2 Å². The number of ketones is 1. The minimum absolute atomic E-state index is 0.186. The van der Waals surface area contributed by atoms with Crippen LogP contribution >= 0.6 is 11.3 Å². The molecule has 10 nitrogen and oxygen atoms in total. The number of nitrogens with zero attached hydrogens (tertiary/aromatic N) is 3. The summed E-state index contributed by atoms with van der Waals surface area (Å²) in [7, 11) is 0. The number of benzene rings is 3. The van der Waals surface area contributed by atoms with E-state index in [0.29, 0.717) is 35.6 Å². The first-order chi connectivity index (χ1) is 19.5. The van der Waals surface area contributed by atoms with Crippen molar-refractivity contribution in [1.82, 2.24) is 15.6 Å². The number of anilines is 3. The fourth-order valence-corrected chi connectivity index (χ4v) is 4.26. The van der Waals surface area contributed by atoms with Crippen molar-refractivity contribution in [2.75, 3.05) is 17.2 Å². The van der Waals surface area contributed by atoms with Crippen molar-refractivity contribution in [3.8, 4) is 5.75 Å². The van der Waals surface area contributed by atoms with Gasteiger partial charge < -0.3 is 10.1 Å². The number of rotatable bonds is 12. The van der Waals surface area contributed by atoms with Gasteiger partial charge in [0.05, 0.1) is 24.3 Å². The van der Waals surface area contributed by atoms with Crippen LogP contribution in [0.2, 0.25) is 0 Å². The van der Waals surface area contributed by atoms with Crippen LogP contribution in [0.5, 0.6) is 5.75 Å². The van der Waals surface area contributed by atoms with Crippen molar-refractivity contribution in [3.63, 3.8) is 0 Å². The summed E-state index contributed by atoms with van der Waals surface area (Å²) in [6, 6.07) is 22.9. The molecule has 204 valence electrons. The highest BCUT2D eigenvalue weighted by atomic mass is 32.1. The summed E-state index contributed by atoms with van der Waals surface area (Å²) in [5.74, 6) is -0.955. The van der Waals surface area contributed by atoms with Crippen molar-refractivity contribution in [3.05, 3.63) is 95.0 Å². The van der Waals surface area contributed by atoms with Gasteiger partial charge in [0.25, 0.3) is 11.8 Å². The highest BCUT2D eigenvalue weighted by Crippen LogP contribution is 2.21. The van der Waals surface area contributed by atoms with Gasteiger partial charge in [0.2, 0.25) is 5.13 Å². The molecule has 0 unspecified atom stereocenters. The molecule has 0 saturated carbocycles. The molecule has 0 aliphatic rings. The predicted molar refractivity (Wildman–Crippen MR) is 156 cm³/mol. The quantitative estimate of drug-likeness (QED) is 0.123. The third-order valence-corrected chi connectivity index (χ3v) is 6.57. The van der Waals surface area contributed by atoms with Crippen LogP contribution in [-0.2, 0) is 11.2 Å². The topological polar surface area (TPSA) is 135 Å². The first-order valence-corrected chi connectivity index (χ1v) is 13.5. The van der Waals surface area contributed by atoms with Crippen LogP contribution in [0.3, 0.4) is 0 Å². The van der Waals surface area contributed by atoms with Crippen LogP contribution in [-0.4, -0.2) is 40.1 Å². The van der Waals surface area contributed by atoms with E-state index in [0.717, 1.165) is 10.7 Å². The number of ether oxygens (including phenoxy) is 1. The molecule has 1 aromatic heterocycles. The van der Waals surface area contributed by atoms with Gasteiger partial charge in [-0.25, -0.2) is 5.43 Å². The Labute approximate surface area is 235 Å². The summed E-state index contributed by atoms with van der Waals surface area (Å²) in [6.45, 7) is 4.29. The normalized spacial score (nSPS) is 11.0. The van der Waals surface area contributed by atoms with E-state index in [2.05, 4.69) is 31.4 Å². The van der Waals surface area contributed by atoms with Crippen LogP contribution in [0, 0.1) is 0 Å². The van der Waals surface area contributed by atoms with E-state index in [9.17, 15) is 14.4 Å². The molecule has 3 N–H and O–H groups in total. The first-order valence-electron chi connectivity index (χ1n) is 12.6. The predicted octanol–water partition coefficient (Wildman–Crippen LogP) is 5.24. The number of carbonyl (C=O) groups is 3. The summed E-state index contributed by atoms with van der Waals surface area (Å²) in [4.78, 5) is 39.3. The van der Waals surface area contributed by atoms with Gasteiger partial charge in [-0.05, 0) is 61.9 Å². The molecule has 0 bridgehead atoms. The van der Waals surface area contributed by atoms with Gasteiger partial charge >= 0.3 is 0 Å². The molecule has 0 atom stereocenters. The zero-order valence-electron chi connectivity index (χ0n) is 22.0. The summed E-state index contributed by atoms with van der Waals surface area (Å²) in [5.41, 5.74) is 4.29. The zero-order chi connectivity index (χ0) is 28.3. The monoisotopic (exact) mass is 556 g/mol. The molecule has 11 heteroatoms. The van der Waals surface area contributed by atoms with Crippen LogP contribution in [0.25, 0.3) is 0 Å². The lowest BCUT2D eigenvalue weighted by atomic mass is 10.1. The summed E-state index contributed by atoms with van der Waals surface area (Å²) >= 11 is 1.22. The van der Waals surface area contributed by atoms with Gasteiger partial charge in [-0.3, -0.25) is 19.7 Å². The Morgan fingerprint density at radius 3 is 2.33 bits per heavy atom. The fraction of sp³-hybridized carbons (Fsp3) is 0.172. The van der Waals surface area contributed by atoms with Crippen molar-refractivity contribution in [2.45, 2.75) is 26.7 Å². The second kappa shape index (κ2) is 13.8. The van der Waals surface area contributed by atoms with Crippen molar-refractivity contribution in [2.24, 2.45) is 5.10 Å². The molecule has 0 fully saturated rings. The van der Waals surface area contributed by atoms with Gasteiger partial charge in [0, 0.05) is 11.3 Å². The lowest BCUT2D eigenvalue weighted by Crippen LogP contribution is -2.29. The van der Waals surface area contributed by atoms with Gasteiger partial charge in [0.15, 0.2) is 5.78 Å². The highest BCUT2D eigenvalue weighted by molar-refractivity contribution is 7.15. The molecule has 40 heavy (non-hydrogen) atoms. The lowest BCUT2D eigenvalue weighted by molar-refractivity contribution is -0.110. The van der Waals surface area contributed by atoms with Gasteiger partial charge in [-0.15, -0.1) is 10.2 Å². The Kier molecular flexibility index (Phi) is 9.67. The number of hydrazone groups is 1. The van der Waals surface area contributed by atoms with Crippen molar-refractivity contribution >= 4 is 51.2 Å². The number of aromatic nitrogens is 2. The number of para-hydroxylation sites is 2. The minimum Gasteiger partial charge on any atom is -0.494 e. The Morgan fingerprint density at radius 2 is 1.62 bits per heavy atom. The van der Waals surface area contributed by atoms with Crippen LogP contribution in [0.1, 0.15) is 46.0 Å². The Hall–Kier alpha value is -4.90. The highest BCUT2D eigenvalue weighted by Gasteiger charge is 2.20. The van der Waals surface area contributed by atoms with Crippen molar-refractivity contribution < 1.29 is 19.1 Å². The largest absolute Gasteiger partial charge is 0.494 e. The lowest BCUT2D eigenvalue weighted by Gasteiger charge is -2.11. The zero-order valence-corrected chi connectivity index (χ0v) is 22.8. The maximum atomic E-state index is 13.1. The molecule has 1 heterocycles. The molecule has 4 rings (SSSR count). The second-order valence-electron chi connectivity index (χ2n) is 8.40. The number of hydrogen-bond donors (Lipinski definition) is 3. The van der Waals surface area contributed by atoms with Gasteiger partial charge in [0.1, 0.15) is 16.5 Å². The molecule has 2 amide bonds. The number of amides is 2. The van der Waals surface area contributed by atoms with E-state index in [1.165, 1.54) is 11.3 Å². The number of hydrogen-bond acceptors (Lipinski definition) is 9. The molecular formula is C29H28N6O4S. The maximum absolute atomic E-state index is 13.1. The average molecular weight is 557 g/mol. The number of aryl methyl sites for hydroxylation is 1. The third-order valence-electron chi connectivity index (χ3n) is 5.58. The van der Waals surface area contributed by atoms with E-state index in [4.69, 9.17) is 4.74 Å². The number of Topliss-reactive ketones (excluding diaryl/α,β-unsaturated/α-hetero) is 1. The smallest absolute Gasteiger partial charge is 0.274 e. The molecular weight excluding hydrogens is 528 g/mol. The van der Waals surface area contributed by atoms with Gasteiger partial charge in [-0.2, -0.15) is 5.10 Å². The third kappa shape index (κ3) is 7.58. The first kappa shape index (κ1) is 28.1. The molecule has 0 saturated heterocycles. The van der Waals surface area contributed by atoms with E-state index in [1.54, 1.807) is 48.5 Å². The maximum Gasteiger partial charge on any atom is 0.274 e. The van der Waals surface area contributed by atoms with Crippen molar-refractivity contribution in [1.29, 1.82) is 0 Å². The summed E-state index contributed by atoms with van der Waals surface area (Å²) < 4.78 is 5.43. The molecule has 0 radical (unpaired) electrons. The number of nitrogens with one attached hydrogen (secondary N) is 3. The van der Waals surface area contributed by atoms with E-state index >= 15 is 0 Å². The summed E-state index contributed by atoms with van der Waals surface area (Å²) in [6.07, 6.45) is 0.306. The average Bonchev–Trinajstić information content (AvgIpc) is 3.43. The number of carbonyl (C=O) groups excluding carboxylic acids is 3. The molecule has 4 aromatic rings. The van der Waals surface area contributed by atoms with Crippen LogP contribution < -0.4 is 20.8 Å². The van der Waals surface area contributed by atoms with Gasteiger partial charge in [-0.1, -0.05) is 48.6 Å². The minimum atomic E-state index is -0.672. The van der Waals surface area contributed by atoms with E-state index < -0.39 is 11.8 Å². The molecule has 3 aromatic carbocycles. The fourth-order valence-electron chi connectivity index (χ4n) is 3.59. The van der Waals surface area contributed by atoms with E-state index in [-0.39, 0.29) is 23.0 Å². The SMILES string of the molecule is CCOc1ccc(C(=O)CC(=NNC(=O)c2ccccc2Nc2ccccc2)C(=O)Nc2nnc(CC)s2)cc1. The second-order valence-corrected chi connectivity index (χ2v) is 9.46. The van der Waals surface area contributed by atoms with Crippen LogP contribution in [0.15, 0.2) is 84.0 Å². The molecule has 0 aliphatic carbocycles. The Balaban J connectivity index is 1.55. The Bertz CT molecular complexity index is 1500. The summed E-state index contributed by atoms with van der Waals surface area (Å²) in [5, 5.41) is 18.9. The molecule has 0 aliphatic heterocycles. The Morgan fingerprint density at radius 1 is 0.900 bits per heavy atom. The molecule has 0 spiro atoms. The van der Waals surface area contributed by atoms with Crippen LogP contribution in [0.4, 0.5) is 16.5 Å². The standard InChI is InChI=1S/C29H28N6O4S/c1-3-26-33-35-29(40-26)31-28(38)24(18-25(36)19-14-16-21(17-15-19)39-4-2)32-34-27(37)22-12-8-9-13-23(22)30-20-10-6-5-7-11-20/h5-17,30H,3-4,18H2,1-2H3,(H,34,37)(H,31,35,38).